The maximum absolute atomic E-state index is 9.79. The lowest BCUT2D eigenvalue weighted by molar-refractivity contribution is 0.0891. The monoisotopic (exact) mass is 261 g/mol. The number of hydrogen-bond donors (Lipinski definition) is 1. The molecule has 106 valence electrons. The van der Waals surface area contributed by atoms with E-state index in [2.05, 4.69) is 43.1 Å². The topological polar surface area (TPSA) is 23.5 Å². The molecule has 1 aromatic rings. The fourth-order valence-electron chi connectivity index (χ4n) is 3.25. The Morgan fingerprint density at radius 1 is 1.11 bits per heavy atom. The Morgan fingerprint density at radius 2 is 1.74 bits per heavy atom. The number of nitrogens with zero attached hydrogens (tertiary/aromatic N) is 1. The molecule has 2 heteroatoms. The summed E-state index contributed by atoms with van der Waals surface area (Å²) in [7, 11) is 2.15. The van der Waals surface area contributed by atoms with Crippen molar-refractivity contribution < 1.29 is 5.11 Å². The molecule has 2 rings (SSSR count). The van der Waals surface area contributed by atoms with Crippen molar-refractivity contribution in [2.75, 3.05) is 25.1 Å². The van der Waals surface area contributed by atoms with Crippen LogP contribution in [0.4, 0.5) is 5.69 Å². The third kappa shape index (κ3) is 3.50. The first-order valence-corrected chi connectivity index (χ1v) is 7.60. The molecule has 19 heavy (non-hydrogen) atoms. The summed E-state index contributed by atoms with van der Waals surface area (Å²) in [6.07, 6.45) is 7.29. The average Bonchev–Trinajstić information content (AvgIpc) is 2.48. The molecular formula is C17H27NO. The van der Waals surface area contributed by atoms with Crippen LogP contribution in [0, 0.1) is 5.41 Å². The van der Waals surface area contributed by atoms with Gasteiger partial charge in [-0.05, 0) is 37.0 Å². The molecule has 0 unspecified atom stereocenters. The van der Waals surface area contributed by atoms with E-state index in [0.717, 1.165) is 13.0 Å². The van der Waals surface area contributed by atoms with Gasteiger partial charge in [-0.2, -0.15) is 0 Å². The molecule has 1 N–H and O–H groups in total. The summed E-state index contributed by atoms with van der Waals surface area (Å²) < 4.78 is 0. The Morgan fingerprint density at radius 3 is 2.26 bits per heavy atom. The highest BCUT2D eigenvalue weighted by atomic mass is 16.3. The van der Waals surface area contributed by atoms with Crippen LogP contribution in [0.5, 0.6) is 0 Å². The molecule has 0 spiro atoms. The molecule has 0 saturated heterocycles. The number of rotatable bonds is 5. The molecule has 0 bridgehead atoms. The maximum Gasteiger partial charge on any atom is 0.0504 e. The minimum atomic E-state index is 0.121. The van der Waals surface area contributed by atoms with E-state index in [1.807, 2.05) is 0 Å². The van der Waals surface area contributed by atoms with Gasteiger partial charge >= 0.3 is 0 Å². The van der Waals surface area contributed by atoms with Crippen LogP contribution < -0.4 is 4.90 Å². The average molecular weight is 261 g/mol. The van der Waals surface area contributed by atoms with E-state index in [4.69, 9.17) is 0 Å². The summed E-state index contributed by atoms with van der Waals surface area (Å²) in [5, 5.41) is 9.79. The first kappa shape index (κ1) is 14.4. The Labute approximate surface area is 117 Å². The van der Waals surface area contributed by atoms with Gasteiger partial charge in [0.1, 0.15) is 0 Å². The molecule has 1 saturated carbocycles. The number of anilines is 1. The van der Waals surface area contributed by atoms with E-state index in [1.165, 1.54) is 43.4 Å². The van der Waals surface area contributed by atoms with Gasteiger partial charge in [0.05, 0.1) is 6.61 Å². The van der Waals surface area contributed by atoms with Crippen LogP contribution in [0.1, 0.15) is 44.6 Å². The van der Waals surface area contributed by atoms with Crippen molar-refractivity contribution in [1.29, 1.82) is 0 Å². The smallest absolute Gasteiger partial charge is 0.0504 e. The van der Waals surface area contributed by atoms with Gasteiger partial charge in [-0.25, -0.2) is 0 Å². The Kier molecular flexibility index (Phi) is 4.87. The summed E-state index contributed by atoms with van der Waals surface area (Å²) >= 11 is 0. The largest absolute Gasteiger partial charge is 0.396 e. The summed E-state index contributed by atoms with van der Waals surface area (Å²) in [6.45, 7) is 3.47. The van der Waals surface area contributed by atoms with Crippen LogP contribution in [0.3, 0.4) is 0 Å². The summed E-state index contributed by atoms with van der Waals surface area (Å²) in [4.78, 5) is 2.31. The van der Waals surface area contributed by atoms with Gasteiger partial charge < -0.3 is 10.0 Å². The van der Waals surface area contributed by atoms with Crippen LogP contribution in [-0.2, 0) is 6.42 Å². The minimum Gasteiger partial charge on any atom is -0.396 e. The minimum absolute atomic E-state index is 0.121. The van der Waals surface area contributed by atoms with Gasteiger partial charge in [0, 0.05) is 24.7 Å². The summed E-state index contributed by atoms with van der Waals surface area (Å²) in [5.41, 5.74) is 2.76. The lowest BCUT2D eigenvalue weighted by atomic mass is 9.74. The molecule has 1 aliphatic rings. The predicted molar refractivity (Wildman–Crippen MR) is 81.7 cm³/mol. The number of aliphatic hydroxyl groups is 1. The van der Waals surface area contributed by atoms with Crippen molar-refractivity contribution >= 4 is 5.69 Å². The molecule has 0 aliphatic heterocycles. The predicted octanol–water partition coefficient (Wildman–Crippen LogP) is 3.63. The highest BCUT2D eigenvalue weighted by Crippen LogP contribution is 2.37. The molecular weight excluding hydrogens is 234 g/mol. The van der Waals surface area contributed by atoms with Gasteiger partial charge in [-0.15, -0.1) is 0 Å². The van der Waals surface area contributed by atoms with Crippen LogP contribution in [0.25, 0.3) is 0 Å². The zero-order valence-electron chi connectivity index (χ0n) is 12.4. The van der Waals surface area contributed by atoms with E-state index in [-0.39, 0.29) is 5.41 Å². The van der Waals surface area contributed by atoms with Crippen molar-refractivity contribution in [3.8, 4) is 0 Å². The molecule has 1 aliphatic carbocycles. The number of benzene rings is 1. The normalized spacial score (nSPS) is 18.3. The van der Waals surface area contributed by atoms with Crippen LogP contribution in [0.2, 0.25) is 0 Å². The molecule has 0 aromatic heterocycles. The lowest BCUT2D eigenvalue weighted by Gasteiger charge is -2.39. The van der Waals surface area contributed by atoms with Crippen molar-refractivity contribution in [2.45, 2.75) is 45.4 Å². The van der Waals surface area contributed by atoms with Gasteiger partial charge in [0.15, 0.2) is 0 Å². The van der Waals surface area contributed by atoms with Gasteiger partial charge in [0.25, 0.3) is 0 Å². The van der Waals surface area contributed by atoms with Crippen molar-refractivity contribution in [2.24, 2.45) is 5.41 Å². The Balaban J connectivity index is 2.03. The maximum atomic E-state index is 9.79. The second-order valence-electron chi connectivity index (χ2n) is 6.09. The van der Waals surface area contributed by atoms with Crippen LogP contribution in [-0.4, -0.2) is 25.3 Å². The zero-order chi connectivity index (χ0) is 13.7. The molecule has 0 radical (unpaired) electrons. The fourth-order valence-corrected chi connectivity index (χ4v) is 3.25. The molecule has 1 aromatic carbocycles. The van der Waals surface area contributed by atoms with Gasteiger partial charge in [0.2, 0.25) is 0 Å². The molecule has 0 atom stereocenters. The first-order chi connectivity index (χ1) is 9.19. The van der Waals surface area contributed by atoms with E-state index in [1.54, 1.807) is 0 Å². The third-order valence-corrected chi connectivity index (χ3v) is 4.61. The zero-order valence-corrected chi connectivity index (χ0v) is 12.4. The third-order valence-electron chi connectivity index (χ3n) is 4.61. The van der Waals surface area contributed by atoms with Crippen molar-refractivity contribution in [3.63, 3.8) is 0 Å². The Hall–Kier alpha value is -1.02. The standard InChI is InChI=1S/C17H27NO/c1-3-15-7-9-16(10-8-15)18(2)13-17(14-19)11-5-4-6-12-17/h7-10,19H,3-6,11-14H2,1-2H3. The van der Waals surface area contributed by atoms with Gasteiger partial charge in [-0.1, -0.05) is 38.3 Å². The number of aliphatic hydroxyl groups excluding tert-OH is 1. The first-order valence-electron chi connectivity index (χ1n) is 7.60. The number of hydrogen-bond acceptors (Lipinski definition) is 2. The van der Waals surface area contributed by atoms with E-state index < -0.39 is 0 Å². The van der Waals surface area contributed by atoms with Crippen molar-refractivity contribution in [1.82, 2.24) is 0 Å². The summed E-state index contributed by atoms with van der Waals surface area (Å²) in [5.74, 6) is 0. The second kappa shape index (κ2) is 6.42. The molecule has 1 fully saturated rings. The summed E-state index contributed by atoms with van der Waals surface area (Å²) in [6, 6.07) is 8.82. The van der Waals surface area contributed by atoms with Crippen LogP contribution >= 0.6 is 0 Å². The van der Waals surface area contributed by atoms with Crippen LogP contribution in [0.15, 0.2) is 24.3 Å². The lowest BCUT2D eigenvalue weighted by Crippen LogP contribution is -2.40. The molecule has 2 nitrogen and oxygen atoms in total. The van der Waals surface area contributed by atoms with Gasteiger partial charge in [-0.3, -0.25) is 0 Å². The number of aryl methyl sites for hydroxylation is 1. The second-order valence-corrected chi connectivity index (χ2v) is 6.09. The molecule has 0 amide bonds. The SMILES string of the molecule is CCc1ccc(N(C)CC2(CO)CCCCC2)cc1. The highest BCUT2D eigenvalue weighted by Gasteiger charge is 2.32. The molecule has 0 heterocycles. The highest BCUT2D eigenvalue weighted by molar-refractivity contribution is 5.47. The van der Waals surface area contributed by atoms with E-state index in [9.17, 15) is 5.11 Å². The Bertz CT molecular complexity index is 379. The van der Waals surface area contributed by atoms with E-state index >= 15 is 0 Å². The van der Waals surface area contributed by atoms with E-state index in [0.29, 0.717) is 6.61 Å². The van der Waals surface area contributed by atoms with Crippen molar-refractivity contribution in [3.05, 3.63) is 29.8 Å². The fraction of sp³-hybridized carbons (Fsp3) is 0.647. The quantitative estimate of drug-likeness (QED) is 0.875.